The van der Waals surface area contributed by atoms with E-state index in [0.29, 0.717) is 5.82 Å². The van der Waals surface area contributed by atoms with E-state index >= 15 is 0 Å². The average Bonchev–Trinajstić information content (AvgIpc) is 3.10. The fourth-order valence-electron chi connectivity index (χ4n) is 2.73. The third-order valence-corrected chi connectivity index (χ3v) is 4.54. The molecule has 142 valence electrons. The highest BCUT2D eigenvalue weighted by Gasteiger charge is 2.21. The average molecular weight is 385 g/mol. The number of nitrogens with zero attached hydrogens (tertiary/aromatic N) is 2. The van der Waals surface area contributed by atoms with E-state index < -0.39 is 6.09 Å². The SMILES string of the molecule is CC(C)NC(=O)OC1C=C(c2cnc(Nc3ccc(SN)cc3)cn2)CC1. The number of benzene rings is 1. The summed E-state index contributed by atoms with van der Waals surface area (Å²) in [6.45, 7) is 3.79. The lowest BCUT2D eigenvalue weighted by atomic mass is 10.2. The van der Waals surface area contributed by atoms with E-state index in [1.165, 1.54) is 11.9 Å². The molecule has 0 saturated heterocycles. The van der Waals surface area contributed by atoms with E-state index in [1.54, 1.807) is 12.4 Å². The highest BCUT2D eigenvalue weighted by atomic mass is 32.2. The molecule has 1 heterocycles. The van der Waals surface area contributed by atoms with E-state index in [-0.39, 0.29) is 12.1 Å². The van der Waals surface area contributed by atoms with Crippen molar-refractivity contribution < 1.29 is 9.53 Å². The van der Waals surface area contributed by atoms with E-state index in [4.69, 9.17) is 9.88 Å². The highest BCUT2D eigenvalue weighted by molar-refractivity contribution is 7.97. The van der Waals surface area contributed by atoms with Crippen LogP contribution in [-0.2, 0) is 4.74 Å². The maximum absolute atomic E-state index is 11.7. The van der Waals surface area contributed by atoms with Gasteiger partial charge in [0.1, 0.15) is 11.9 Å². The van der Waals surface area contributed by atoms with Gasteiger partial charge in [0.15, 0.2) is 0 Å². The standard InChI is InChI=1S/C19H23N5O2S/c1-12(2)23-19(25)26-15-6-3-13(9-15)17-10-22-18(11-21-17)24-14-4-7-16(27-20)8-5-14/h4-5,7-12,15H,3,6,20H2,1-2H3,(H,22,24)(H,23,25). The van der Waals surface area contributed by atoms with Crippen molar-refractivity contribution in [3.05, 3.63) is 48.4 Å². The minimum Gasteiger partial charge on any atom is -0.442 e. The van der Waals surface area contributed by atoms with Crippen LogP contribution in [0.25, 0.3) is 5.57 Å². The predicted molar refractivity (Wildman–Crippen MR) is 108 cm³/mol. The van der Waals surface area contributed by atoms with Gasteiger partial charge in [0, 0.05) is 16.6 Å². The number of aromatic nitrogens is 2. The Morgan fingerprint density at radius 3 is 2.67 bits per heavy atom. The Kier molecular flexibility index (Phi) is 6.31. The van der Waals surface area contributed by atoms with Crippen LogP contribution >= 0.6 is 11.9 Å². The summed E-state index contributed by atoms with van der Waals surface area (Å²) in [5.41, 5.74) is 2.76. The molecule has 1 aromatic heterocycles. The Labute approximate surface area is 162 Å². The smallest absolute Gasteiger partial charge is 0.407 e. The van der Waals surface area contributed by atoms with Gasteiger partial charge in [0.2, 0.25) is 0 Å². The van der Waals surface area contributed by atoms with Gasteiger partial charge in [0.05, 0.1) is 18.1 Å². The van der Waals surface area contributed by atoms with Gasteiger partial charge in [-0.3, -0.25) is 10.1 Å². The Hall–Kier alpha value is -2.58. The summed E-state index contributed by atoms with van der Waals surface area (Å²) in [4.78, 5) is 21.6. The molecule has 1 aliphatic rings. The van der Waals surface area contributed by atoms with Crippen LogP contribution in [0.15, 0.2) is 47.6 Å². The quantitative estimate of drug-likeness (QED) is 0.649. The molecule has 7 nitrogen and oxygen atoms in total. The summed E-state index contributed by atoms with van der Waals surface area (Å²) in [6.07, 6.45) is 6.32. The third-order valence-electron chi connectivity index (χ3n) is 3.99. The van der Waals surface area contributed by atoms with Gasteiger partial charge < -0.3 is 15.4 Å². The predicted octanol–water partition coefficient (Wildman–Crippen LogP) is 3.87. The normalized spacial score (nSPS) is 16.1. The molecule has 4 N–H and O–H groups in total. The number of nitrogens with two attached hydrogens (primary N) is 1. The Balaban J connectivity index is 1.59. The van der Waals surface area contributed by atoms with Crippen molar-refractivity contribution in [1.82, 2.24) is 15.3 Å². The molecule has 0 spiro atoms. The molecule has 0 bridgehead atoms. The first-order valence-electron chi connectivity index (χ1n) is 8.77. The molecule has 1 unspecified atom stereocenters. The van der Waals surface area contributed by atoms with Gasteiger partial charge in [0.25, 0.3) is 0 Å². The van der Waals surface area contributed by atoms with Crippen LogP contribution in [0.4, 0.5) is 16.3 Å². The van der Waals surface area contributed by atoms with Crippen LogP contribution in [0.5, 0.6) is 0 Å². The maximum Gasteiger partial charge on any atom is 0.407 e. The summed E-state index contributed by atoms with van der Waals surface area (Å²) in [6, 6.07) is 7.81. The van der Waals surface area contributed by atoms with Crippen LogP contribution < -0.4 is 15.8 Å². The van der Waals surface area contributed by atoms with Crippen LogP contribution in [-0.4, -0.2) is 28.2 Å². The fourth-order valence-corrected chi connectivity index (χ4v) is 3.02. The molecule has 0 saturated carbocycles. The summed E-state index contributed by atoms with van der Waals surface area (Å²) < 4.78 is 5.40. The molecule has 1 atom stereocenters. The molecule has 2 aromatic rings. The van der Waals surface area contributed by atoms with Gasteiger partial charge in [-0.25, -0.2) is 9.78 Å². The Bertz CT molecular complexity index is 806. The summed E-state index contributed by atoms with van der Waals surface area (Å²) in [5.74, 6) is 0.662. The van der Waals surface area contributed by atoms with Crippen molar-refractivity contribution in [3.8, 4) is 0 Å². The second kappa shape index (κ2) is 8.88. The van der Waals surface area contributed by atoms with Crippen LogP contribution in [0, 0.1) is 0 Å². The second-order valence-electron chi connectivity index (χ2n) is 6.53. The van der Waals surface area contributed by atoms with Gasteiger partial charge in [-0.15, -0.1) is 0 Å². The van der Waals surface area contributed by atoms with Crippen molar-refractivity contribution in [2.75, 3.05) is 5.32 Å². The molecule has 1 aromatic carbocycles. The minimum atomic E-state index is -0.391. The molecular formula is C19H23N5O2S. The highest BCUT2D eigenvalue weighted by Crippen LogP contribution is 2.28. The molecule has 0 radical (unpaired) electrons. The van der Waals surface area contributed by atoms with Gasteiger partial charge >= 0.3 is 6.09 Å². The van der Waals surface area contributed by atoms with Crippen molar-refractivity contribution >= 4 is 35.1 Å². The number of hydrogen-bond acceptors (Lipinski definition) is 7. The fraction of sp³-hybridized carbons (Fsp3) is 0.316. The first-order valence-corrected chi connectivity index (χ1v) is 9.65. The number of carbonyl (C=O) groups is 1. The molecule has 1 aliphatic carbocycles. The number of anilines is 2. The lowest BCUT2D eigenvalue weighted by Gasteiger charge is -2.12. The van der Waals surface area contributed by atoms with E-state index in [2.05, 4.69) is 20.6 Å². The topological polar surface area (TPSA) is 102 Å². The zero-order valence-corrected chi connectivity index (χ0v) is 16.1. The Morgan fingerprint density at radius 1 is 1.26 bits per heavy atom. The van der Waals surface area contributed by atoms with Crippen LogP contribution in [0.1, 0.15) is 32.4 Å². The number of allylic oxidation sites excluding steroid dienone is 1. The molecule has 3 rings (SSSR count). The maximum atomic E-state index is 11.7. The number of ether oxygens (including phenoxy) is 1. The molecule has 0 aliphatic heterocycles. The first kappa shape index (κ1) is 19.2. The summed E-state index contributed by atoms with van der Waals surface area (Å²) >= 11 is 1.21. The Morgan fingerprint density at radius 2 is 2.04 bits per heavy atom. The number of carbonyl (C=O) groups excluding carboxylic acids is 1. The van der Waals surface area contributed by atoms with Crippen molar-refractivity contribution in [2.45, 2.75) is 43.7 Å². The second-order valence-corrected chi connectivity index (χ2v) is 7.23. The van der Waals surface area contributed by atoms with Gasteiger partial charge in [-0.2, -0.15) is 0 Å². The monoisotopic (exact) mass is 385 g/mol. The minimum absolute atomic E-state index is 0.0542. The summed E-state index contributed by atoms with van der Waals surface area (Å²) in [5, 5.41) is 11.5. The van der Waals surface area contributed by atoms with E-state index in [9.17, 15) is 4.79 Å². The van der Waals surface area contributed by atoms with E-state index in [0.717, 1.165) is 34.7 Å². The van der Waals surface area contributed by atoms with Crippen LogP contribution in [0.3, 0.4) is 0 Å². The molecule has 1 amide bonds. The van der Waals surface area contributed by atoms with Crippen molar-refractivity contribution in [3.63, 3.8) is 0 Å². The molecular weight excluding hydrogens is 362 g/mol. The number of nitrogens with one attached hydrogen (secondary N) is 2. The first-order chi connectivity index (χ1) is 13.0. The number of rotatable bonds is 6. The van der Waals surface area contributed by atoms with Gasteiger partial charge in [-0.05, 0) is 74.6 Å². The van der Waals surface area contributed by atoms with E-state index in [1.807, 2.05) is 44.2 Å². The van der Waals surface area contributed by atoms with Crippen molar-refractivity contribution in [2.24, 2.45) is 5.14 Å². The number of alkyl carbamates (subject to hydrolysis) is 1. The lowest BCUT2D eigenvalue weighted by Crippen LogP contribution is -2.32. The zero-order valence-electron chi connectivity index (χ0n) is 15.3. The van der Waals surface area contributed by atoms with Crippen LogP contribution in [0.2, 0.25) is 0 Å². The summed E-state index contributed by atoms with van der Waals surface area (Å²) in [7, 11) is 0. The zero-order chi connectivity index (χ0) is 19.2. The third kappa shape index (κ3) is 5.45. The molecule has 0 fully saturated rings. The van der Waals surface area contributed by atoms with Gasteiger partial charge in [-0.1, -0.05) is 0 Å². The lowest BCUT2D eigenvalue weighted by molar-refractivity contribution is 0.117. The van der Waals surface area contributed by atoms with Crippen molar-refractivity contribution in [1.29, 1.82) is 0 Å². The molecule has 27 heavy (non-hydrogen) atoms. The number of hydrogen-bond donors (Lipinski definition) is 3. The molecule has 8 heteroatoms. The largest absolute Gasteiger partial charge is 0.442 e. The number of amides is 1.